The maximum atomic E-state index is 13.8. The zero-order valence-electron chi connectivity index (χ0n) is 15.1. The number of fused-ring (bicyclic) bond motifs is 5. The normalized spacial score (nSPS) is 46.0. The van der Waals surface area contributed by atoms with Crippen molar-refractivity contribution in [3.8, 4) is 0 Å². The number of Topliss-reactive ketones (excluding diaryl/α,β-unsaturated/α-hetero) is 1. The van der Waals surface area contributed by atoms with Crippen LogP contribution in [0.25, 0.3) is 0 Å². The first-order chi connectivity index (χ1) is 12.2. The molecule has 0 heterocycles. The number of aliphatic hydroxyl groups excluding tert-OH is 1. The van der Waals surface area contributed by atoms with E-state index in [0.29, 0.717) is 51.4 Å². The summed E-state index contributed by atoms with van der Waals surface area (Å²) >= 11 is 0. The summed E-state index contributed by atoms with van der Waals surface area (Å²) in [4.78, 5) is 11.8. The van der Waals surface area contributed by atoms with Crippen molar-refractivity contribution in [2.75, 3.05) is 0 Å². The van der Waals surface area contributed by atoms with E-state index < -0.39 is 17.2 Å². The van der Waals surface area contributed by atoms with Crippen LogP contribution in [0.1, 0.15) is 64.7 Å². The van der Waals surface area contributed by atoms with E-state index in [1.807, 2.05) is 0 Å². The molecule has 0 spiro atoms. The number of hydrogen-bond acceptors (Lipinski definition) is 3. The van der Waals surface area contributed by atoms with Gasteiger partial charge in [0.1, 0.15) is 0 Å². The first kappa shape index (κ1) is 18.3. The van der Waals surface area contributed by atoms with Crippen molar-refractivity contribution >= 4 is 5.78 Å². The molecule has 3 nitrogen and oxygen atoms in total. The molecule has 0 aromatic rings. The maximum absolute atomic E-state index is 13.8. The fourth-order valence-electron chi connectivity index (χ4n) is 7.25. The van der Waals surface area contributed by atoms with Gasteiger partial charge in [-0.05, 0) is 80.6 Å². The molecule has 146 valence electrons. The Kier molecular flexibility index (Phi) is 4.04. The highest BCUT2D eigenvalue weighted by Crippen LogP contribution is 2.69. The third kappa shape index (κ3) is 2.14. The van der Waals surface area contributed by atoms with Crippen LogP contribution in [0.15, 0.2) is 11.3 Å². The molecule has 6 atom stereocenters. The minimum absolute atomic E-state index is 0.0785. The first-order valence-electron chi connectivity index (χ1n) is 9.90. The second-order valence-corrected chi connectivity index (χ2v) is 8.86. The average Bonchev–Trinajstić information content (AvgIpc) is 2.92. The molecule has 3 saturated carbocycles. The number of aliphatic hydroxyl groups is 2. The van der Waals surface area contributed by atoms with Crippen LogP contribution in [0.4, 0.5) is 13.2 Å². The van der Waals surface area contributed by atoms with Crippen molar-refractivity contribution in [1.82, 2.24) is 0 Å². The smallest absolute Gasteiger partial charge is 0.417 e. The van der Waals surface area contributed by atoms with Crippen LogP contribution < -0.4 is 0 Å². The Bertz CT molecular complexity index is 655. The van der Waals surface area contributed by atoms with Gasteiger partial charge >= 0.3 is 6.18 Å². The second-order valence-electron chi connectivity index (χ2n) is 8.86. The van der Waals surface area contributed by atoms with Crippen LogP contribution in [0, 0.1) is 29.1 Å². The van der Waals surface area contributed by atoms with Gasteiger partial charge in [0.25, 0.3) is 0 Å². The third-order valence-electron chi connectivity index (χ3n) is 8.40. The quantitative estimate of drug-likeness (QED) is 0.702. The number of rotatable bonds is 1. The van der Waals surface area contributed by atoms with Gasteiger partial charge in [-0.2, -0.15) is 13.2 Å². The van der Waals surface area contributed by atoms with E-state index in [1.165, 1.54) is 0 Å². The van der Waals surface area contributed by atoms with Gasteiger partial charge in [-0.3, -0.25) is 4.79 Å². The highest BCUT2D eigenvalue weighted by molar-refractivity contribution is 5.94. The largest absolute Gasteiger partial charge is 0.504 e. The molecule has 2 N–H and O–H groups in total. The van der Waals surface area contributed by atoms with Gasteiger partial charge in [-0.25, -0.2) is 0 Å². The number of allylic oxidation sites excluding steroid dienone is 1. The maximum Gasteiger partial charge on any atom is 0.417 e. The number of hydrogen-bond donors (Lipinski definition) is 2. The predicted octanol–water partition coefficient (Wildman–Crippen LogP) is 4.70. The summed E-state index contributed by atoms with van der Waals surface area (Å²) in [5.74, 6) is 0.107. The SMILES string of the molecule is CCC12CCC3C4CCC(=O)C(O)=C4CCC3C1CC[C@]2(O)C(F)(F)F. The van der Waals surface area contributed by atoms with Crippen molar-refractivity contribution in [1.29, 1.82) is 0 Å². The Balaban J connectivity index is 1.69. The summed E-state index contributed by atoms with van der Waals surface area (Å²) < 4.78 is 41.4. The molecule has 6 heteroatoms. The summed E-state index contributed by atoms with van der Waals surface area (Å²) in [6.45, 7) is 1.79. The Morgan fingerprint density at radius 2 is 1.81 bits per heavy atom. The molecule has 0 radical (unpaired) electrons. The van der Waals surface area contributed by atoms with E-state index >= 15 is 0 Å². The van der Waals surface area contributed by atoms with Crippen molar-refractivity contribution in [3.63, 3.8) is 0 Å². The van der Waals surface area contributed by atoms with Crippen molar-refractivity contribution in [2.24, 2.45) is 29.1 Å². The summed E-state index contributed by atoms with van der Waals surface area (Å²) in [5, 5.41) is 20.9. The summed E-state index contributed by atoms with van der Waals surface area (Å²) in [6, 6.07) is 0. The van der Waals surface area contributed by atoms with Gasteiger partial charge in [0, 0.05) is 11.8 Å². The summed E-state index contributed by atoms with van der Waals surface area (Å²) in [5.41, 5.74) is -2.82. The molecule has 26 heavy (non-hydrogen) atoms. The van der Waals surface area contributed by atoms with Gasteiger partial charge < -0.3 is 10.2 Å². The van der Waals surface area contributed by atoms with Gasteiger partial charge in [0.2, 0.25) is 0 Å². The van der Waals surface area contributed by atoms with Crippen LogP contribution in [-0.4, -0.2) is 27.8 Å². The van der Waals surface area contributed by atoms with E-state index in [2.05, 4.69) is 0 Å². The standard InChI is InChI=1S/C20H27F3O3/c1-2-18-9-7-12-11-5-6-16(24)17(25)14(11)4-3-13(12)15(18)8-10-19(18,26)20(21,22)23/h11-13,15,25-26H,2-10H2,1H3/t11?,12?,13?,15?,18?,19-/m1/s1. The lowest BCUT2D eigenvalue weighted by molar-refractivity contribution is -0.306. The molecular weight excluding hydrogens is 345 g/mol. The minimum atomic E-state index is -4.60. The monoisotopic (exact) mass is 372 g/mol. The van der Waals surface area contributed by atoms with E-state index in [9.17, 15) is 28.2 Å². The van der Waals surface area contributed by atoms with E-state index in [-0.39, 0.29) is 41.6 Å². The lowest BCUT2D eigenvalue weighted by atomic mass is 9.49. The molecule has 0 saturated heterocycles. The fourth-order valence-corrected chi connectivity index (χ4v) is 7.25. The lowest BCUT2D eigenvalue weighted by Gasteiger charge is -2.56. The Labute approximate surface area is 151 Å². The molecule has 4 rings (SSSR count). The van der Waals surface area contributed by atoms with Gasteiger partial charge in [-0.15, -0.1) is 0 Å². The van der Waals surface area contributed by atoms with Gasteiger partial charge in [0.05, 0.1) is 0 Å². The van der Waals surface area contributed by atoms with E-state index in [1.54, 1.807) is 6.92 Å². The Hall–Kier alpha value is -1.04. The number of halogens is 3. The molecule has 5 unspecified atom stereocenters. The molecular formula is C20H27F3O3. The second kappa shape index (κ2) is 5.73. The molecule has 0 amide bonds. The number of carbonyl (C=O) groups excluding carboxylic acids is 1. The van der Waals surface area contributed by atoms with Crippen LogP contribution in [0.2, 0.25) is 0 Å². The molecule has 4 aliphatic rings. The van der Waals surface area contributed by atoms with Crippen LogP contribution in [-0.2, 0) is 4.79 Å². The topological polar surface area (TPSA) is 57.5 Å². The molecule has 0 aromatic carbocycles. The number of ketones is 1. The highest BCUT2D eigenvalue weighted by Gasteiger charge is 2.72. The van der Waals surface area contributed by atoms with Gasteiger partial charge in [0.15, 0.2) is 17.1 Å². The minimum Gasteiger partial charge on any atom is -0.504 e. The fraction of sp³-hybridized carbons (Fsp3) is 0.850. The van der Waals surface area contributed by atoms with Crippen molar-refractivity contribution < 1.29 is 28.2 Å². The highest BCUT2D eigenvalue weighted by atomic mass is 19.4. The van der Waals surface area contributed by atoms with E-state index in [4.69, 9.17) is 0 Å². The van der Waals surface area contributed by atoms with Crippen LogP contribution in [0.5, 0.6) is 0 Å². The number of carbonyl (C=O) groups is 1. The summed E-state index contributed by atoms with van der Waals surface area (Å²) in [7, 11) is 0. The molecule has 3 fully saturated rings. The Morgan fingerprint density at radius 3 is 2.46 bits per heavy atom. The lowest BCUT2D eigenvalue weighted by Crippen LogP contribution is -2.60. The predicted molar refractivity (Wildman–Crippen MR) is 89.3 cm³/mol. The Morgan fingerprint density at radius 1 is 1.08 bits per heavy atom. The average molecular weight is 372 g/mol. The van der Waals surface area contributed by atoms with Crippen molar-refractivity contribution in [3.05, 3.63) is 11.3 Å². The zero-order valence-corrected chi connectivity index (χ0v) is 15.1. The number of alkyl halides is 3. The van der Waals surface area contributed by atoms with E-state index in [0.717, 1.165) is 5.57 Å². The molecule has 0 aromatic heterocycles. The first-order valence-corrected chi connectivity index (χ1v) is 9.90. The molecule has 4 aliphatic carbocycles. The molecule has 0 aliphatic heterocycles. The summed E-state index contributed by atoms with van der Waals surface area (Å²) in [6.07, 6.45) is -0.663. The van der Waals surface area contributed by atoms with Gasteiger partial charge in [-0.1, -0.05) is 6.92 Å². The molecule has 0 bridgehead atoms. The third-order valence-corrected chi connectivity index (χ3v) is 8.40. The van der Waals surface area contributed by atoms with Crippen molar-refractivity contribution in [2.45, 2.75) is 76.5 Å². The zero-order chi connectivity index (χ0) is 18.9. The van der Waals surface area contributed by atoms with Crippen LogP contribution in [0.3, 0.4) is 0 Å². The van der Waals surface area contributed by atoms with Crippen LogP contribution >= 0.6 is 0 Å².